The minimum atomic E-state index is 0. The summed E-state index contributed by atoms with van der Waals surface area (Å²) in [7, 11) is 1.64. The van der Waals surface area contributed by atoms with Gasteiger partial charge in [0.25, 0.3) is 0 Å². The van der Waals surface area contributed by atoms with Crippen molar-refractivity contribution in [2.75, 3.05) is 25.6 Å². The largest absolute Gasteiger partial charge is 0.493 e. The van der Waals surface area contributed by atoms with E-state index in [2.05, 4.69) is 39.9 Å². The lowest BCUT2D eigenvalue weighted by atomic mass is 10.1. The molecule has 2 aromatic carbocycles. The highest BCUT2D eigenvalue weighted by Crippen LogP contribution is 2.30. The SMILES string of the molecule is CCNC(=NCc1cccc(Cn2ccnc2)c1)Nc1ccc(OCC)c(OC)c1.I. The van der Waals surface area contributed by atoms with Crippen LogP contribution in [0, 0.1) is 0 Å². The van der Waals surface area contributed by atoms with Crippen molar-refractivity contribution in [3.63, 3.8) is 0 Å². The van der Waals surface area contributed by atoms with Gasteiger partial charge in [-0.15, -0.1) is 24.0 Å². The second kappa shape index (κ2) is 12.8. The van der Waals surface area contributed by atoms with Crippen molar-refractivity contribution in [2.45, 2.75) is 26.9 Å². The minimum absolute atomic E-state index is 0. The predicted molar refractivity (Wildman–Crippen MR) is 136 cm³/mol. The molecule has 31 heavy (non-hydrogen) atoms. The van der Waals surface area contributed by atoms with Crippen LogP contribution in [0.1, 0.15) is 25.0 Å². The Morgan fingerprint density at radius 3 is 2.65 bits per heavy atom. The number of ether oxygens (including phenoxy) is 2. The van der Waals surface area contributed by atoms with Crippen molar-refractivity contribution in [2.24, 2.45) is 4.99 Å². The Hall–Kier alpha value is -2.75. The number of aliphatic imine (C=N–C) groups is 1. The zero-order valence-electron chi connectivity index (χ0n) is 18.2. The van der Waals surface area contributed by atoms with E-state index in [1.165, 1.54) is 5.56 Å². The fourth-order valence-electron chi connectivity index (χ4n) is 3.05. The molecule has 0 aliphatic heterocycles. The Bertz CT molecular complexity index is 960. The first-order chi connectivity index (χ1) is 14.7. The van der Waals surface area contributed by atoms with E-state index < -0.39 is 0 Å². The molecule has 0 saturated heterocycles. The maximum atomic E-state index is 5.59. The Kier molecular flexibility index (Phi) is 10.2. The molecular weight excluding hydrogens is 505 g/mol. The van der Waals surface area contributed by atoms with E-state index in [0.717, 1.165) is 30.1 Å². The highest BCUT2D eigenvalue weighted by atomic mass is 127. The van der Waals surface area contributed by atoms with E-state index >= 15 is 0 Å². The summed E-state index contributed by atoms with van der Waals surface area (Å²) < 4.78 is 13.1. The van der Waals surface area contributed by atoms with Crippen LogP contribution in [0.25, 0.3) is 0 Å². The third-order valence-corrected chi connectivity index (χ3v) is 4.41. The normalized spacial score (nSPS) is 10.9. The van der Waals surface area contributed by atoms with Crippen LogP contribution in [-0.4, -0.2) is 35.8 Å². The molecule has 0 radical (unpaired) electrons. The summed E-state index contributed by atoms with van der Waals surface area (Å²) in [6, 6.07) is 14.2. The van der Waals surface area contributed by atoms with Crippen LogP contribution < -0.4 is 20.1 Å². The number of anilines is 1. The highest BCUT2D eigenvalue weighted by molar-refractivity contribution is 14.0. The number of benzene rings is 2. The lowest BCUT2D eigenvalue weighted by Gasteiger charge is -2.14. The lowest BCUT2D eigenvalue weighted by Crippen LogP contribution is -2.30. The summed E-state index contributed by atoms with van der Waals surface area (Å²) in [6.45, 7) is 6.71. The number of guanidine groups is 1. The molecule has 8 heteroatoms. The number of hydrogen-bond donors (Lipinski definition) is 2. The molecule has 0 bridgehead atoms. The molecule has 2 N–H and O–H groups in total. The van der Waals surface area contributed by atoms with E-state index in [0.29, 0.717) is 24.9 Å². The number of halogens is 1. The summed E-state index contributed by atoms with van der Waals surface area (Å²) in [4.78, 5) is 8.83. The van der Waals surface area contributed by atoms with Crippen LogP contribution in [0.4, 0.5) is 5.69 Å². The van der Waals surface area contributed by atoms with Gasteiger partial charge in [-0.25, -0.2) is 9.98 Å². The summed E-state index contributed by atoms with van der Waals surface area (Å²) in [5.74, 6) is 2.12. The van der Waals surface area contributed by atoms with Gasteiger partial charge >= 0.3 is 0 Å². The van der Waals surface area contributed by atoms with E-state index in [4.69, 9.17) is 14.5 Å². The quantitative estimate of drug-likeness (QED) is 0.239. The van der Waals surface area contributed by atoms with Gasteiger partial charge in [-0.2, -0.15) is 0 Å². The fourth-order valence-corrected chi connectivity index (χ4v) is 3.05. The molecule has 0 saturated carbocycles. The minimum Gasteiger partial charge on any atom is -0.493 e. The molecular formula is C23H30IN5O2. The van der Waals surface area contributed by atoms with E-state index in [1.807, 2.05) is 49.1 Å². The molecule has 0 aliphatic rings. The molecule has 0 fully saturated rings. The van der Waals surface area contributed by atoms with Crippen LogP contribution in [0.15, 0.2) is 66.2 Å². The van der Waals surface area contributed by atoms with Gasteiger partial charge in [-0.05, 0) is 37.1 Å². The van der Waals surface area contributed by atoms with Gasteiger partial charge in [0.2, 0.25) is 0 Å². The summed E-state index contributed by atoms with van der Waals surface area (Å²) in [5.41, 5.74) is 3.24. The molecule has 1 heterocycles. The molecule has 0 unspecified atom stereocenters. The Morgan fingerprint density at radius 1 is 1.10 bits per heavy atom. The molecule has 0 spiro atoms. The second-order valence-electron chi connectivity index (χ2n) is 6.67. The Labute approximate surface area is 200 Å². The summed E-state index contributed by atoms with van der Waals surface area (Å²) >= 11 is 0. The highest BCUT2D eigenvalue weighted by Gasteiger charge is 2.07. The van der Waals surface area contributed by atoms with Crippen LogP contribution >= 0.6 is 24.0 Å². The van der Waals surface area contributed by atoms with Crippen molar-refractivity contribution in [3.05, 3.63) is 72.3 Å². The lowest BCUT2D eigenvalue weighted by molar-refractivity contribution is 0.311. The number of aromatic nitrogens is 2. The van der Waals surface area contributed by atoms with Crippen molar-refractivity contribution in [3.8, 4) is 11.5 Å². The van der Waals surface area contributed by atoms with Crippen LogP contribution in [0.2, 0.25) is 0 Å². The Morgan fingerprint density at radius 2 is 1.94 bits per heavy atom. The molecule has 166 valence electrons. The first-order valence-electron chi connectivity index (χ1n) is 10.1. The van der Waals surface area contributed by atoms with Gasteiger partial charge < -0.3 is 24.7 Å². The van der Waals surface area contributed by atoms with Crippen LogP contribution in [-0.2, 0) is 13.1 Å². The first-order valence-corrected chi connectivity index (χ1v) is 10.1. The van der Waals surface area contributed by atoms with Gasteiger partial charge in [-0.3, -0.25) is 0 Å². The first kappa shape index (κ1) is 24.5. The average molecular weight is 535 g/mol. The number of nitrogens with one attached hydrogen (secondary N) is 2. The topological polar surface area (TPSA) is 72.7 Å². The summed E-state index contributed by atoms with van der Waals surface area (Å²) in [5, 5.41) is 6.62. The van der Waals surface area contributed by atoms with E-state index in [-0.39, 0.29) is 24.0 Å². The van der Waals surface area contributed by atoms with E-state index in [9.17, 15) is 0 Å². The molecule has 0 aliphatic carbocycles. The van der Waals surface area contributed by atoms with Gasteiger partial charge in [0.15, 0.2) is 17.5 Å². The van der Waals surface area contributed by atoms with Crippen molar-refractivity contribution < 1.29 is 9.47 Å². The van der Waals surface area contributed by atoms with Gasteiger partial charge in [0.1, 0.15) is 0 Å². The number of rotatable bonds is 9. The number of nitrogens with zero attached hydrogens (tertiary/aromatic N) is 3. The molecule has 7 nitrogen and oxygen atoms in total. The Balaban J connectivity index is 0.00000341. The maximum Gasteiger partial charge on any atom is 0.196 e. The molecule has 0 atom stereocenters. The zero-order valence-corrected chi connectivity index (χ0v) is 20.5. The molecule has 3 aromatic rings. The predicted octanol–water partition coefficient (Wildman–Crippen LogP) is 4.53. The van der Waals surface area contributed by atoms with Crippen molar-refractivity contribution in [1.29, 1.82) is 0 Å². The van der Waals surface area contributed by atoms with E-state index in [1.54, 1.807) is 13.3 Å². The molecule has 1 aromatic heterocycles. The fraction of sp³-hybridized carbons (Fsp3) is 0.304. The monoisotopic (exact) mass is 535 g/mol. The number of imidazole rings is 1. The average Bonchev–Trinajstić information content (AvgIpc) is 3.26. The molecule has 3 rings (SSSR count). The maximum absolute atomic E-state index is 5.59. The molecule has 0 amide bonds. The van der Waals surface area contributed by atoms with Crippen molar-refractivity contribution in [1.82, 2.24) is 14.9 Å². The zero-order chi connectivity index (χ0) is 21.2. The van der Waals surface area contributed by atoms with Crippen LogP contribution in [0.5, 0.6) is 11.5 Å². The third kappa shape index (κ3) is 7.46. The third-order valence-electron chi connectivity index (χ3n) is 4.41. The standard InChI is InChI=1S/C23H29N5O2.HI/c1-4-25-23(27-20-9-10-21(30-5-2)22(14-20)29-3)26-15-18-7-6-8-19(13-18)16-28-12-11-24-17-28;/h6-14,17H,4-5,15-16H2,1-3H3,(H2,25,26,27);1H. The number of methoxy groups -OCH3 is 1. The van der Waals surface area contributed by atoms with Gasteiger partial charge in [0, 0.05) is 37.2 Å². The van der Waals surface area contributed by atoms with Crippen LogP contribution in [0.3, 0.4) is 0 Å². The van der Waals surface area contributed by atoms with Gasteiger partial charge in [0.05, 0.1) is 26.6 Å². The summed E-state index contributed by atoms with van der Waals surface area (Å²) in [6.07, 6.45) is 5.57. The number of hydrogen-bond acceptors (Lipinski definition) is 4. The van der Waals surface area contributed by atoms with Crippen molar-refractivity contribution >= 4 is 35.6 Å². The second-order valence-corrected chi connectivity index (χ2v) is 6.67. The van der Waals surface area contributed by atoms with Gasteiger partial charge in [-0.1, -0.05) is 24.3 Å². The smallest absolute Gasteiger partial charge is 0.196 e.